The van der Waals surface area contributed by atoms with E-state index in [0.717, 1.165) is 11.3 Å². The van der Waals surface area contributed by atoms with E-state index < -0.39 is 5.82 Å². The second-order valence-corrected chi connectivity index (χ2v) is 6.86. The van der Waals surface area contributed by atoms with Crippen LogP contribution in [-0.2, 0) is 0 Å². The molecule has 4 nitrogen and oxygen atoms in total. The van der Waals surface area contributed by atoms with Crippen LogP contribution in [0, 0.1) is 5.82 Å². The highest BCUT2D eigenvalue weighted by molar-refractivity contribution is 7.07. The second-order valence-electron chi connectivity index (χ2n) is 5.34. The Hall–Kier alpha value is -2.70. The van der Waals surface area contributed by atoms with Crippen molar-refractivity contribution in [3.8, 4) is 5.75 Å². The second kappa shape index (κ2) is 7.68. The normalized spacial score (nSPS) is 12.4. The van der Waals surface area contributed by atoms with Gasteiger partial charge < -0.3 is 9.72 Å². The fraction of sp³-hybridized carbons (Fsp3) is 0.0526. The van der Waals surface area contributed by atoms with Crippen molar-refractivity contribution in [2.24, 2.45) is 0 Å². The summed E-state index contributed by atoms with van der Waals surface area (Å²) in [5.74, 6) is -0.634. The van der Waals surface area contributed by atoms with Crippen LogP contribution >= 0.6 is 22.9 Å². The van der Waals surface area contributed by atoms with Crippen LogP contribution in [0.15, 0.2) is 47.3 Å². The zero-order valence-electron chi connectivity index (χ0n) is 13.6. The van der Waals surface area contributed by atoms with Gasteiger partial charge in [-0.25, -0.2) is 4.39 Å². The van der Waals surface area contributed by atoms with E-state index in [1.807, 2.05) is 0 Å². The molecule has 0 atom stereocenters. The van der Waals surface area contributed by atoms with Crippen LogP contribution < -0.4 is 19.5 Å². The average molecular weight is 390 g/mol. The smallest absolute Gasteiger partial charge is 0.266 e. The fourth-order valence-electron chi connectivity index (χ4n) is 2.26. The molecule has 0 spiro atoms. The van der Waals surface area contributed by atoms with E-state index in [2.05, 4.69) is 4.98 Å². The minimum absolute atomic E-state index is 0.129. The number of thiazole rings is 1. The molecule has 1 aromatic heterocycles. The minimum atomic E-state index is -0.515. The Kier molecular flexibility index (Phi) is 5.35. The summed E-state index contributed by atoms with van der Waals surface area (Å²) in [6.45, 7) is 0. The first kappa shape index (κ1) is 18.1. The molecule has 7 heteroatoms. The van der Waals surface area contributed by atoms with E-state index in [1.165, 1.54) is 25.3 Å². The van der Waals surface area contributed by atoms with Gasteiger partial charge in [-0.3, -0.25) is 9.59 Å². The van der Waals surface area contributed by atoms with E-state index >= 15 is 0 Å². The van der Waals surface area contributed by atoms with Gasteiger partial charge in [0.2, 0.25) is 0 Å². The van der Waals surface area contributed by atoms with Crippen LogP contribution in [0.2, 0.25) is 5.02 Å². The predicted molar refractivity (Wildman–Crippen MR) is 101 cm³/mol. The van der Waals surface area contributed by atoms with E-state index in [4.69, 9.17) is 16.3 Å². The minimum Gasteiger partial charge on any atom is -0.494 e. The Balaban J connectivity index is 1.96. The first-order valence-electron chi connectivity index (χ1n) is 7.52. The number of aromatic amines is 1. The number of H-pyrrole nitrogens is 1. The average Bonchev–Trinajstić information content (AvgIpc) is 2.94. The van der Waals surface area contributed by atoms with Crippen molar-refractivity contribution >= 4 is 40.9 Å². The van der Waals surface area contributed by atoms with Crippen LogP contribution in [0.5, 0.6) is 5.75 Å². The number of halogens is 2. The van der Waals surface area contributed by atoms with Crippen LogP contribution in [0.4, 0.5) is 4.39 Å². The summed E-state index contributed by atoms with van der Waals surface area (Å²) in [4.78, 5) is 26.9. The number of methoxy groups -OCH3 is 1. The highest BCUT2D eigenvalue weighted by Gasteiger charge is 2.05. The molecule has 0 unspecified atom stereocenters. The molecule has 26 heavy (non-hydrogen) atoms. The number of Topliss-reactive ketones (excluding diaryl/α,β-unsaturated/α-hetero) is 1. The van der Waals surface area contributed by atoms with Crippen molar-refractivity contribution in [2.75, 3.05) is 7.11 Å². The number of hydrogen-bond donors (Lipinski definition) is 1. The van der Waals surface area contributed by atoms with Gasteiger partial charge in [-0.1, -0.05) is 17.7 Å². The molecule has 3 rings (SSSR count). The number of ether oxygens (including phenoxy) is 1. The number of nitrogens with one attached hydrogen (secondary N) is 1. The molecule has 0 amide bonds. The molecule has 2 aromatic carbocycles. The van der Waals surface area contributed by atoms with Crippen molar-refractivity contribution in [2.45, 2.75) is 0 Å². The molecule has 132 valence electrons. The van der Waals surface area contributed by atoms with E-state index in [-0.39, 0.29) is 17.1 Å². The monoisotopic (exact) mass is 389 g/mol. The summed E-state index contributed by atoms with van der Waals surface area (Å²) < 4.78 is 19.4. The largest absolute Gasteiger partial charge is 0.494 e. The Labute approximate surface area is 156 Å². The van der Waals surface area contributed by atoms with Gasteiger partial charge in [0.15, 0.2) is 17.3 Å². The quantitative estimate of drug-likeness (QED) is 0.698. The number of benzene rings is 2. The highest BCUT2D eigenvalue weighted by atomic mass is 35.5. The number of ketones is 1. The lowest BCUT2D eigenvalue weighted by molar-refractivity contribution is 0.106. The summed E-state index contributed by atoms with van der Waals surface area (Å²) >= 11 is 6.92. The van der Waals surface area contributed by atoms with Gasteiger partial charge in [0.25, 0.3) is 5.56 Å². The van der Waals surface area contributed by atoms with Crippen LogP contribution in [0.25, 0.3) is 12.2 Å². The molecule has 0 saturated carbocycles. The predicted octanol–water partition coefficient (Wildman–Crippen LogP) is 2.73. The van der Waals surface area contributed by atoms with Crippen molar-refractivity contribution in [1.29, 1.82) is 0 Å². The number of rotatable bonds is 4. The van der Waals surface area contributed by atoms with Crippen molar-refractivity contribution in [1.82, 2.24) is 4.98 Å². The lowest BCUT2D eigenvalue weighted by atomic mass is 10.1. The Bertz CT molecular complexity index is 1130. The molecular formula is C19H13ClFNO3S. The molecular weight excluding hydrogens is 377 g/mol. The summed E-state index contributed by atoms with van der Waals surface area (Å²) in [6, 6.07) is 10.9. The Morgan fingerprint density at radius 2 is 1.96 bits per heavy atom. The summed E-state index contributed by atoms with van der Waals surface area (Å²) in [7, 11) is 1.38. The van der Waals surface area contributed by atoms with Gasteiger partial charge in [0, 0.05) is 16.7 Å². The van der Waals surface area contributed by atoms with Gasteiger partial charge in [0.05, 0.1) is 16.3 Å². The third-order valence-electron chi connectivity index (χ3n) is 3.54. The van der Waals surface area contributed by atoms with Crippen molar-refractivity contribution in [3.05, 3.63) is 84.0 Å². The van der Waals surface area contributed by atoms with Gasteiger partial charge in [0.1, 0.15) is 0 Å². The molecule has 0 radical (unpaired) electrons. The molecule has 0 aliphatic heterocycles. The number of carbonyl (C=O) groups excluding carboxylic acids is 1. The Morgan fingerprint density at radius 1 is 1.23 bits per heavy atom. The third-order valence-corrected chi connectivity index (χ3v) is 4.76. The number of carbonyl (C=O) groups is 1. The van der Waals surface area contributed by atoms with E-state index in [0.29, 0.717) is 25.3 Å². The lowest BCUT2D eigenvalue weighted by Gasteiger charge is -2.01. The maximum Gasteiger partial charge on any atom is 0.266 e. The van der Waals surface area contributed by atoms with Crippen LogP contribution in [-0.4, -0.2) is 17.9 Å². The van der Waals surface area contributed by atoms with Crippen LogP contribution in [0.1, 0.15) is 15.9 Å². The number of hydrogen-bond acceptors (Lipinski definition) is 4. The molecule has 1 N–H and O–H groups in total. The lowest BCUT2D eigenvalue weighted by Crippen LogP contribution is -2.20. The molecule has 0 aliphatic rings. The topological polar surface area (TPSA) is 59.2 Å². The maximum atomic E-state index is 13.8. The summed E-state index contributed by atoms with van der Waals surface area (Å²) in [6.07, 6.45) is 2.90. The molecule has 0 saturated heterocycles. The highest BCUT2D eigenvalue weighted by Crippen LogP contribution is 2.17. The van der Waals surface area contributed by atoms with Crippen molar-refractivity contribution < 1.29 is 13.9 Å². The van der Waals surface area contributed by atoms with Gasteiger partial charge in [-0.15, -0.1) is 11.3 Å². The molecule has 3 aromatic rings. The zero-order valence-corrected chi connectivity index (χ0v) is 15.2. The summed E-state index contributed by atoms with van der Waals surface area (Å²) in [5.41, 5.74) is 0.638. The maximum absolute atomic E-state index is 13.8. The van der Waals surface area contributed by atoms with Gasteiger partial charge in [-0.2, -0.15) is 0 Å². The van der Waals surface area contributed by atoms with Crippen molar-refractivity contribution in [3.63, 3.8) is 0 Å². The first-order valence-corrected chi connectivity index (χ1v) is 8.72. The first-order chi connectivity index (χ1) is 12.5. The molecule has 0 aliphatic carbocycles. The van der Waals surface area contributed by atoms with E-state index in [1.54, 1.807) is 36.4 Å². The molecule has 1 heterocycles. The van der Waals surface area contributed by atoms with E-state index in [9.17, 15) is 14.0 Å². The SMILES string of the molecule is COc1ccc(/C=c2\s/c(=C\C(=O)c3ccc(Cl)cc3)[nH]c2=O)cc1F. The Morgan fingerprint density at radius 3 is 2.62 bits per heavy atom. The fourth-order valence-corrected chi connectivity index (χ4v) is 3.28. The third kappa shape index (κ3) is 4.09. The molecule has 0 fully saturated rings. The molecule has 0 bridgehead atoms. The van der Waals surface area contributed by atoms with Gasteiger partial charge in [-0.05, 0) is 48.0 Å². The van der Waals surface area contributed by atoms with Crippen LogP contribution in [0.3, 0.4) is 0 Å². The zero-order chi connectivity index (χ0) is 18.7. The van der Waals surface area contributed by atoms with Gasteiger partial charge >= 0.3 is 0 Å². The standard InChI is InChI=1S/C19H13ClFNO3S/c1-25-16-7-2-11(8-14(16)21)9-17-19(24)22-18(26-17)10-15(23)12-3-5-13(20)6-4-12/h2-10H,1H3,(H,22,24)/b17-9-,18-10-. The number of aromatic nitrogens is 1. The summed E-state index contributed by atoms with van der Waals surface area (Å²) in [5, 5.41) is 0.537.